The minimum Gasteiger partial charge on any atom is -0.377 e. The summed E-state index contributed by atoms with van der Waals surface area (Å²) in [4.78, 5) is 18.8. The van der Waals surface area contributed by atoms with Crippen molar-refractivity contribution < 1.29 is 18.3 Å². The van der Waals surface area contributed by atoms with Gasteiger partial charge in [0.2, 0.25) is 0 Å². The molecule has 6 nitrogen and oxygen atoms in total. The number of hydrogen-bond donors (Lipinski definition) is 2. The van der Waals surface area contributed by atoms with Crippen LogP contribution in [0.25, 0.3) is 11.1 Å². The molecule has 0 aliphatic carbocycles. The summed E-state index contributed by atoms with van der Waals surface area (Å²) in [5, 5.41) is 2.83. The van der Waals surface area contributed by atoms with E-state index in [0.29, 0.717) is 18.9 Å². The monoisotopic (exact) mass is 478 g/mol. The number of aromatic nitrogens is 1. The average molecular weight is 479 g/mol. The zero-order valence-electron chi connectivity index (χ0n) is 19.7. The fourth-order valence-corrected chi connectivity index (χ4v) is 4.86. The number of fused-ring (bicyclic) bond motifs is 3. The molecule has 5 rings (SSSR count). The molecule has 1 saturated heterocycles. The van der Waals surface area contributed by atoms with Crippen LogP contribution in [0.3, 0.4) is 0 Å². The van der Waals surface area contributed by atoms with Crippen molar-refractivity contribution in [2.45, 2.75) is 38.3 Å². The lowest BCUT2D eigenvalue weighted by atomic mass is 9.89. The van der Waals surface area contributed by atoms with Crippen molar-refractivity contribution >= 4 is 17.3 Å². The number of halogens is 2. The van der Waals surface area contributed by atoms with Crippen LogP contribution in [0.1, 0.15) is 34.1 Å². The lowest BCUT2D eigenvalue weighted by Crippen LogP contribution is -2.58. The predicted octanol–water partition coefficient (Wildman–Crippen LogP) is 4.51. The molecule has 0 bridgehead atoms. The number of nitrogens with one attached hydrogen (secondary N) is 1. The minimum atomic E-state index is -3.12. The molecule has 8 heteroatoms. The maximum absolute atomic E-state index is 13.6. The Morgan fingerprint density at radius 2 is 2.03 bits per heavy atom. The molecule has 0 saturated carbocycles. The summed E-state index contributed by atoms with van der Waals surface area (Å²) in [5.74, 6) is -3.59. The number of carbonyl (C=O) groups excluding carboxylic acids is 1. The highest BCUT2D eigenvalue weighted by atomic mass is 19.3. The van der Waals surface area contributed by atoms with Crippen LogP contribution in [0, 0.1) is 6.92 Å². The van der Waals surface area contributed by atoms with Crippen molar-refractivity contribution in [1.82, 2.24) is 4.98 Å². The van der Waals surface area contributed by atoms with E-state index in [9.17, 15) is 13.6 Å². The SMILES string of the molecule is Cc1ccc(NC(=O)c2ccnc(C(C)(F)F)c2)cc1-c1ccc2c(c1)N1CCOCC1C(N)C2. The fourth-order valence-electron chi connectivity index (χ4n) is 4.86. The van der Waals surface area contributed by atoms with E-state index in [2.05, 4.69) is 33.4 Å². The van der Waals surface area contributed by atoms with Crippen molar-refractivity contribution in [2.24, 2.45) is 5.73 Å². The number of nitrogens with zero attached hydrogens (tertiary/aromatic N) is 2. The van der Waals surface area contributed by atoms with E-state index in [-0.39, 0.29) is 17.6 Å². The van der Waals surface area contributed by atoms with Gasteiger partial charge in [-0.1, -0.05) is 18.2 Å². The first kappa shape index (κ1) is 23.4. The zero-order chi connectivity index (χ0) is 24.7. The number of nitrogens with two attached hydrogens (primary N) is 1. The third kappa shape index (κ3) is 4.63. The minimum absolute atomic E-state index is 0.0373. The van der Waals surface area contributed by atoms with Crippen LogP contribution in [0.2, 0.25) is 0 Å². The molecule has 2 aliphatic rings. The molecule has 0 radical (unpaired) electrons. The summed E-state index contributed by atoms with van der Waals surface area (Å²) in [5.41, 5.74) is 12.2. The van der Waals surface area contributed by atoms with Gasteiger partial charge in [-0.3, -0.25) is 9.78 Å². The molecule has 3 aromatic rings. The number of aryl methyl sites for hydroxylation is 1. The Morgan fingerprint density at radius 3 is 2.83 bits per heavy atom. The van der Waals surface area contributed by atoms with E-state index in [4.69, 9.17) is 10.5 Å². The highest BCUT2D eigenvalue weighted by molar-refractivity contribution is 6.04. The Balaban J connectivity index is 1.43. The average Bonchev–Trinajstić information content (AvgIpc) is 2.85. The number of hydrogen-bond acceptors (Lipinski definition) is 5. The van der Waals surface area contributed by atoms with Crippen LogP contribution in [0.5, 0.6) is 0 Å². The number of carbonyl (C=O) groups is 1. The van der Waals surface area contributed by atoms with Gasteiger partial charge < -0.3 is 20.7 Å². The van der Waals surface area contributed by atoms with Gasteiger partial charge >= 0.3 is 0 Å². The van der Waals surface area contributed by atoms with E-state index < -0.39 is 17.5 Å². The molecule has 35 heavy (non-hydrogen) atoms. The Bertz CT molecular complexity index is 1270. The molecule has 2 atom stereocenters. The zero-order valence-corrected chi connectivity index (χ0v) is 19.7. The van der Waals surface area contributed by atoms with Crippen molar-refractivity contribution in [2.75, 3.05) is 30.0 Å². The number of benzene rings is 2. The highest BCUT2D eigenvalue weighted by Gasteiger charge is 2.34. The van der Waals surface area contributed by atoms with Crippen LogP contribution in [-0.2, 0) is 17.1 Å². The third-order valence-electron chi connectivity index (χ3n) is 6.79. The predicted molar refractivity (Wildman–Crippen MR) is 132 cm³/mol. The van der Waals surface area contributed by atoms with Gasteiger partial charge in [-0.2, -0.15) is 8.78 Å². The summed E-state index contributed by atoms with van der Waals surface area (Å²) >= 11 is 0. The fraction of sp³-hybridized carbons (Fsp3) is 0.333. The number of rotatable bonds is 4. The molecule has 2 aliphatic heterocycles. The molecule has 2 unspecified atom stereocenters. The van der Waals surface area contributed by atoms with Gasteiger partial charge in [-0.15, -0.1) is 0 Å². The van der Waals surface area contributed by atoms with Gasteiger partial charge in [-0.25, -0.2) is 0 Å². The Morgan fingerprint density at radius 1 is 1.20 bits per heavy atom. The van der Waals surface area contributed by atoms with E-state index >= 15 is 0 Å². The van der Waals surface area contributed by atoms with Crippen LogP contribution >= 0.6 is 0 Å². The Kier molecular flexibility index (Phi) is 6.02. The van der Waals surface area contributed by atoms with Gasteiger partial charge in [0, 0.05) is 42.6 Å². The van der Waals surface area contributed by atoms with Gasteiger partial charge in [0.15, 0.2) is 0 Å². The molecular weight excluding hydrogens is 450 g/mol. The van der Waals surface area contributed by atoms with E-state index in [0.717, 1.165) is 42.6 Å². The molecule has 1 fully saturated rings. The van der Waals surface area contributed by atoms with Gasteiger partial charge in [-0.05, 0) is 65.9 Å². The van der Waals surface area contributed by atoms with Gasteiger partial charge in [0.1, 0.15) is 5.69 Å². The topological polar surface area (TPSA) is 80.5 Å². The molecular formula is C27H28F2N4O2. The quantitative estimate of drug-likeness (QED) is 0.577. The number of pyridine rings is 1. The Labute approximate surface area is 203 Å². The summed E-state index contributed by atoms with van der Waals surface area (Å²) in [6.07, 6.45) is 2.03. The smallest absolute Gasteiger partial charge is 0.286 e. The second-order valence-electron chi connectivity index (χ2n) is 9.35. The van der Waals surface area contributed by atoms with Crippen LogP contribution in [0.4, 0.5) is 20.2 Å². The standard InChI is InChI=1S/C27H28F2N4O2/c1-16-3-6-20(32-26(34)19-7-8-31-25(13-19)27(2,28)29)14-21(16)17-4-5-18-11-22(30)24-15-35-10-9-33(24)23(18)12-17/h3-8,12-14,22,24H,9-11,15,30H2,1-2H3,(H,32,34). The second kappa shape index (κ2) is 9.02. The first-order chi connectivity index (χ1) is 16.7. The second-order valence-corrected chi connectivity index (χ2v) is 9.35. The van der Waals surface area contributed by atoms with Gasteiger partial charge in [0.05, 0.1) is 19.3 Å². The van der Waals surface area contributed by atoms with Crippen LogP contribution in [0.15, 0.2) is 54.7 Å². The maximum atomic E-state index is 13.6. The molecule has 1 amide bonds. The van der Waals surface area contributed by atoms with Gasteiger partial charge in [0.25, 0.3) is 11.8 Å². The summed E-state index contributed by atoms with van der Waals surface area (Å²) in [7, 11) is 0. The molecule has 3 heterocycles. The van der Waals surface area contributed by atoms with Crippen molar-refractivity contribution in [3.8, 4) is 11.1 Å². The first-order valence-electron chi connectivity index (χ1n) is 11.7. The number of anilines is 2. The number of amides is 1. The van der Waals surface area contributed by atoms with Crippen molar-refractivity contribution in [3.05, 3.63) is 77.1 Å². The molecule has 1 aromatic heterocycles. The number of alkyl halides is 2. The normalized spacial score (nSPS) is 19.6. The third-order valence-corrected chi connectivity index (χ3v) is 6.79. The van der Waals surface area contributed by atoms with E-state index in [1.165, 1.54) is 23.5 Å². The summed E-state index contributed by atoms with van der Waals surface area (Å²) < 4.78 is 33.0. The highest BCUT2D eigenvalue weighted by Crippen LogP contribution is 2.37. The number of morpholine rings is 1. The largest absolute Gasteiger partial charge is 0.377 e. The van der Waals surface area contributed by atoms with Crippen LogP contribution in [-0.4, -0.2) is 42.7 Å². The molecule has 3 N–H and O–H groups in total. The summed E-state index contributed by atoms with van der Waals surface area (Å²) in [6, 6.07) is 14.8. The lowest BCUT2D eigenvalue weighted by molar-refractivity contribution is 0.0127. The van der Waals surface area contributed by atoms with Crippen molar-refractivity contribution in [3.63, 3.8) is 0 Å². The number of ether oxygens (including phenoxy) is 1. The van der Waals surface area contributed by atoms with Crippen molar-refractivity contribution in [1.29, 1.82) is 0 Å². The molecule has 2 aromatic carbocycles. The Hall–Kier alpha value is -3.36. The maximum Gasteiger partial charge on any atom is 0.286 e. The van der Waals surface area contributed by atoms with E-state index in [1.54, 1.807) is 0 Å². The van der Waals surface area contributed by atoms with Crippen LogP contribution < -0.4 is 16.0 Å². The molecule has 182 valence electrons. The summed E-state index contributed by atoms with van der Waals surface area (Å²) in [6.45, 7) is 4.88. The molecule has 0 spiro atoms. The lowest BCUT2D eigenvalue weighted by Gasteiger charge is -2.45. The van der Waals surface area contributed by atoms with E-state index in [1.807, 2.05) is 25.1 Å². The first-order valence-corrected chi connectivity index (χ1v) is 11.7.